The molecule has 0 aliphatic carbocycles. The average Bonchev–Trinajstić information content (AvgIpc) is 3.12. The molecule has 0 aliphatic heterocycles. The van der Waals surface area contributed by atoms with Crippen molar-refractivity contribution in [2.45, 2.75) is 11.8 Å². The molecule has 134 valence electrons. The molecule has 1 heterocycles. The molecule has 1 amide bonds. The van der Waals surface area contributed by atoms with Gasteiger partial charge < -0.3 is 0 Å². The third-order valence-electron chi connectivity index (χ3n) is 4.15. The van der Waals surface area contributed by atoms with Crippen LogP contribution >= 0.6 is 11.8 Å². The lowest BCUT2D eigenvalue weighted by atomic mass is 10.1. The van der Waals surface area contributed by atoms with Crippen molar-refractivity contribution in [2.24, 2.45) is 0 Å². The van der Waals surface area contributed by atoms with Crippen LogP contribution in [-0.4, -0.2) is 41.2 Å². The van der Waals surface area contributed by atoms with E-state index in [2.05, 4.69) is 17.2 Å². The number of amides is 1. The molecular formula is C20H21N3O2S. The van der Waals surface area contributed by atoms with Gasteiger partial charge in [0.15, 0.2) is 5.69 Å². The van der Waals surface area contributed by atoms with Crippen LogP contribution in [0.3, 0.4) is 0 Å². The number of hydrogen-bond donors (Lipinski definition) is 0. The largest absolute Gasteiger partial charge is 0.297 e. The zero-order valence-electron chi connectivity index (χ0n) is 15.3. The SMILES string of the molecule is CON(C)C(=O)c1cc(-c2ccc(SC)cc2)n(-c2ccc(C)cc2)n1. The lowest BCUT2D eigenvalue weighted by Gasteiger charge is -2.11. The van der Waals surface area contributed by atoms with E-state index in [-0.39, 0.29) is 5.91 Å². The standard InChI is InChI=1S/C20H21N3O2S/c1-14-5-9-16(10-6-14)23-19(15-7-11-17(26-4)12-8-15)13-18(21-23)20(24)22(2)25-3/h5-13H,1-4H3. The molecule has 2 aromatic carbocycles. The molecule has 0 N–H and O–H groups in total. The molecule has 26 heavy (non-hydrogen) atoms. The number of thioether (sulfide) groups is 1. The fourth-order valence-corrected chi connectivity index (χ4v) is 2.99. The van der Waals surface area contributed by atoms with Crippen molar-refractivity contribution < 1.29 is 9.63 Å². The number of benzene rings is 2. The Bertz CT molecular complexity index is 902. The second-order valence-electron chi connectivity index (χ2n) is 5.88. The van der Waals surface area contributed by atoms with Gasteiger partial charge in [-0.2, -0.15) is 5.10 Å². The molecule has 1 aromatic heterocycles. The predicted octanol–water partition coefficient (Wildman–Crippen LogP) is 4.20. The summed E-state index contributed by atoms with van der Waals surface area (Å²) >= 11 is 1.69. The van der Waals surface area contributed by atoms with E-state index in [1.807, 2.05) is 49.6 Å². The molecule has 0 spiro atoms. The topological polar surface area (TPSA) is 47.4 Å². The van der Waals surface area contributed by atoms with Gasteiger partial charge in [-0.1, -0.05) is 29.8 Å². The number of rotatable bonds is 5. The molecule has 0 saturated heterocycles. The third-order valence-corrected chi connectivity index (χ3v) is 4.90. The second-order valence-corrected chi connectivity index (χ2v) is 6.76. The summed E-state index contributed by atoms with van der Waals surface area (Å²) in [6, 6.07) is 18.1. The van der Waals surface area contributed by atoms with Crippen LogP contribution in [0, 0.1) is 6.92 Å². The molecule has 0 aliphatic rings. The minimum Gasteiger partial charge on any atom is -0.274 e. The first-order valence-corrected chi connectivity index (χ1v) is 9.39. The van der Waals surface area contributed by atoms with Crippen LogP contribution in [0.1, 0.15) is 16.1 Å². The van der Waals surface area contributed by atoms with E-state index in [0.29, 0.717) is 5.69 Å². The lowest BCUT2D eigenvalue weighted by molar-refractivity contribution is -0.0760. The summed E-state index contributed by atoms with van der Waals surface area (Å²) in [6.07, 6.45) is 2.04. The van der Waals surface area contributed by atoms with Gasteiger partial charge in [0.05, 0.1) is 18.5 Å². The number of nitrogens with zero attached hydrogens (tertiary/aromatic N) is 3. The fraction of sp³-hybridized carbons (Fsp3) is 0.200. The number of hydroxylamine groups is 2. The number of aryl methyl sites for hydroxylation is 1. The minimum atomic E-state index is -0.291. The maximum absolute atomic E-state index is 12.5. The summed E-state index contributed by atoms with van der Waals surface area (Å²) in [6.45, 7) is 2.04. The minimum absolute atomic E-state index is 0.291. The van der Waals surface area contributed by atoms with Crippen LogP contribution in [0.15, 0.2) is 59.5 Å². The molecule has 0 atom stereocenters. The number of aromatic nitrogens is 2. The lowest BCUT2D eigenvalue weighted by Crippen LogP contribution is -2.25. The molecule has 3 rings (SSSR count). The van der Waals surface area contributed by atoms with E-state index in [1.54, 1.807) is 29.6 Å². The van der Waals surface area contributed by atoms with Gasteiger partial charge in [0.2, 0.25) is 0 Å². The summed E-state index contributed by atoms with van der Waals surface area (Å²) in [7, 11) is 3.02. The van der Waals surface area contributed by atoms with Gasteiger partial charge in [-0.15, -0.1) is 11.8 Å². The molecule has 5 nitrogen and oxygen atoms in total. The Morgan fingerprint density at radius 3 is 2.35 bits per heavy atom. The number of carbonyl (C=O) groups excluding carboxylic acids is 1. The Morgan fingerprint density at radius 2 is 1.77 bits per heavy atom. The van der Waals surface area contributed by atoms with Crippen LogP contribution in [0.2, 0.25) is 0 Å². The summed E-state index contributed by atoms with van der Waals surface area (Å²) in [4.78, 5) is 18.7. The molecule has 3 aromatic rings. The van der Waals surface area contributed by atoms with Gasteiger partial charge in [0.25, 0.3) is 5.91 Å². The highest BCUT2D eigenvalue weighted by Gasteiger charge is 2.19. The Hall–Kier alpha value is -2.57. The second kappa shape index (κ2) is 7.76. The Kier molecular flexibility index (Phi) is 5.44. The van der Waals surface area contributed by atoms with Gasteiger partial charge in [0.1, 0.15) is 0 Å². The molecule has 0 fully saturated rings. The van der Waals surface area contributed by atoms with Crippen LogP contribution in [0.25, 0.3) is 16.9 Å². The van der Waals surface area contributed by atoms with E-state index in [0.717, 1.165) is 16.9 Å². The summed E-state index contributed by atoms with van der Waals surface area (Å²) in [5.74, 6) is -0.291. The smallest absolute Gasteiger partial charge is 0.274 e. The van der Waals surface area contributed by atoms with Gasteiger partial charge >= 0.3 is 0 Å². The number of hydrogen-bond acceptors (Lipinski definition) is 4. The molecular weight excluding hydrogens is 346 g/mol. The van der Waals surface area contributed by atoms with E-state index in [1.165, 1.54) is 22.6 Å². The molecule has 0 bridgehead atoms. The first-order chi connectivity index (χ1) is 12.5. The first kappa shape index (κ1) is 18.2. The fourth-order valence-electron chi connectivity index (χ4n) is 2.58. The Labute approximate surface area is 157 Å². The maximum atomic E-state index is 12.5. The average molecular weight is 367 g/mol. The Morgan fingerprint density at radius 1 is 1.12 bits per heavy atom. The van der Waals surface area contributed by atoms with Crippen molar-refractivity contribution in [2.75, 3.05) is 20.4 Å². The predicted molar refractivity (Wildman–Crippen MR) is 105 cm³/mol. The van der Waals surface area contributed by atoms with Crippen molar-refractivity contribution in [3.05, 3.63) is 65.9 Å². The summed E-state index contributed by atoms with van der Waals surface area (Å²) < 4.78 is 1.80. The summed E-state index contributed by atoms with van der Waals surface area (Å²) in [5.41, 5.74) is 4.25. The normalized spacial score (nSPS) is 10.8. The van der Waals surface area contributed by atoms with Crippen LogP contribution in [-0.2, 0) is 4.84 Å². The van der Waals surface area contributed by atoms with Crippen LogP contribution in [0.5, 0.6) is 0 Å². The number of carbonyl (C=O) groups is 1. The van der Waals surface area contributed by atoms with Gasteiger partial charge in [-0.25, -0.2) is 9.75 Å². The molecule has 0 radical (unpaired) electrons. The van der Waals surface area contributed by atoms with Crippen molar-refractivity contribution in [1.82, 2.24) is 14.8 Å². The van der Waals surface area contributed by atoms with E-state index in [4.69, 9.17) is 4.84 Å². The van der Waals surface area contributed by atoms with Gasteiger partial charge in [0, 0.05) is 17.5 Å². The summed E-state index contributed by atoms with van der Waals surface area (Å²) in [5, 5.41) is 5.71. The highest BCUT2D eigenvalue weighted by molar-refractivity contribution is 7.98. The van der Waals surface area contributed by atoms with E-state index < -0.39 is 0 Å². The van der Waals surface area contributed by atoms with E-state index in [9.17, 15) is 4.79 Å². The van der Waals surface area contributed by atoms with Crippen molar-refractivity contribution in [3.8, 4) is 16.9 Å². The van der Waals surface area contributed by atoms with Gasteiger partial charge in [-0.05, 0) is 43.5 Å². The monoisotopic (exact) mass is 367 g/mol. The highest BCUT2D eigenvalue weighted by Crippen LogP contribution is 2.27. The highest BCUT2D eigenvalue weighted by atomic mass is 32.2. The molecule has 0 unspecified atom stereocenters. The first-order valence-electron chi connectivity index (χ1n) is 8.17. The van der Waals surface area contributed by atoms with Gasteiger partial charge in [-0.3, -0.25) is 9.63 Å². The van der Waals surface area contributed by atoms with Crippen LogP contribution in [0.4, 0.5) is 0 Å². The van der Waals surface area contributed by atoms with Crippen molar-refractivity contribution in [1.29, 1.82) is 0 Å². The van der Waals surface area contributed by atoms with Crippen molar-refractivity contribution >= 4 is 17.7 Å². The quantitative estimate of drug-likeness (QED) is 0.501. The third kappa shape index (κ3) is 3.66. The maximum Gasteiger partial charge on any atom is 0.297 e. The van der Waals surface area contributed by atoms with Crippen LogP contribution < -0.4 is 0 Å². The zero-order valence-corrected chi connectivity index (χ0v) is 16.1. The Balaban J connectivity index is 2.11. The molecule has 0 saturated carbocycles. The van der Waals surface area contributed by atoms with Crippen molar-refractivity contribution in [3.63, 3.8) is 0 Å². The molecule has 6 heteroatoms. The zero-order chi connectivity index (χ0) is 18.7. The van der Waals surface area contributed by atoms with E-state index >= 15 is 0 Å².